The second-order valence-electron chi connectivity index (χ2n) is 9.44. The van der Waals surface area contributed by atoms with E-state index in [-0.39, 0.29) is 11.2 Å². The van der Waals surface area contributed by atoms with Crippen LogP contribution in [0.25, 0.3) is 0 Å². The summed E-state index contributed by atoms with van der Waals surface area (Å²) >= 11 is 0. The summed E-state index contributed by atoms with van der Waals surface area (Å²) in [7, 11) is 0. The van der Waals surface area contributed by atoms with E-state index in [4.69, 9.17) is 0 Å². The molecular weight excluding hydrogens is 385 g/mol. The molecule has 0 aromatic heterocycles. The largest absolute Gasteiger partial charge is 0.428 e. The van der Waals surface area contributed by atoms with Gasteiger partial charge in [0.2, 0.25) is 0 Å². The molecule has 0 saturated heterocycles. The lowest BCUT2D eigenvalue weighted by atomic mass is 9.57. The lowest BCUT2D eigenvalue weighted by Gasteiger charge is -2.48. The number of ether oxygens (including phenoxy) is 1. The summed E-state index contributed by atoms with van der Waals surface area (Å²) in [4.78, 5) is 0. The molecule has 2 aliphatic rings. The molecule has 0 unspecified atom stereocenters. The summed E-state index contributed by atoms with van der Waals surface area (Å²) in [6, 6.07) is 5.48. The molecule has 0 bridgehead atoms. The van der Waals surface area contributed by atoms with E-state index in [1.165, 1.54) is 95.5 Å². The maximum atomic E-state index is 13.1. The van der Waals surface area contributed by atoms with E-state index < -0.39 is 12.1 Å². The Kier molecular flexibility index (Phi) is 8.71. The first kappa shape index (κ1) is 23.2. The van der Waals surface area contributed by atoms with E-state index in [2.05, 4.69) is 11.7 Å². The predicted octanol–water partition coefficient (Wildman–Crippen LogP) is 9.08. The summed E-state index contributed by atoms with van der Waals surface area (Å²) in [5, 5.41) is 0. The monoisotopic (exact) mass is 422 g/mol. The fourth-order valence-corrected chi connectivity index (χ4v) is 5.93. The van der Waals surface area contributed by atoms with Crippen LogP contribution in [0.1, 0.15) is 102 Å². The van der Waals surface area contributed by atoms with E-state index in [0.29, 0.717) is 5.92 Å². The highest BCUT2D eigenvalue weighted by atomic mass is 19.3. The van der Waals surface area contributed by atoms with Crippen LogP contribution in [0.3, 0.4) is 0 Å². The molecule has 30 heavy (non-hydrogen) atoms. The van der Waals surface area contributed by atoms with Crippen LogP contribution in [0.2, 0.25) is 0 Å². The number of benzene rings is 1. The molecule has 0 amide bonds. The average molecular weight is 423 g/mol. The molecule has 3 rings (SSSR count). The van der Waals surface area contributed by atoms with Crippen molar-refractivity contribution in [2.45, 2.75) is 102 Å². The molecule has 2 fully saturated rings. The Bertz CT molecular complexity index is 664. The molecule has 0 atom stereocenters. The molecule has 168 valence electrons. The van der Waals surface area contributed by atoms with Crippen molar-refractivity contribution >= 4 is 0 Å². The van der Waals surface area contributed by atoms with E-state index in [1.54, 1.807) is 12.1 Å². The Morgan fingerprint density at radius 1 is 0.900 bits per heavy atom. The lowest BCUT2D eigenvalue weighted by Crippen LogP contribution is -2.40. The maximum Gasteiger partial charge on any atom is 0.344 e. The summed E-state index contributed by atoms with van der Waals surface area (Å²) < 4.78 is 42.4. The Morgan fingerprint density at radius 3 is 2.17 bits per heavy atom. The highest BCUT2D eigenvalue weighted by Gasteiger charge is 2.43. The van der Waals surface area contributed by atoms with Crippen LogP contribution in [0, 0.1) is 11.8 Å². The second-order valence-corrected chi connectivity index (χ2v) is 9.44. The standard InChI is InChI=1S/C26H37F3O/c1-2-3-4-6-9-20-16-18-26(19-17-20,21-10-7-5-8-11-21)22-12-14-23(15-13-22)30-25(29)24(27)28/h12-15,20-21H,2-11,16-19H2,1H3/t20-,26-. The van der Waals surface area contributed by atoms with Gasteiger partial charge >= 0.3 is 12.1 Å². The van der Waals surface area contributed by atoms with Gasteiger partial charge in [-0.05, 0) is 73.5 Å². The number of hydrogen-bond acceptors (Lipinski definition) is 1. The summed E-state index contributed by atoms with van der Waals surface area (Å²) in [6.45, 7) is 2.26. The van der Waals surface area contributed by atoms with Gasteiger partial charge in [-0.1, -0.05) is 70.4 Å². The van der Waals surface area contributed by atoms with Crippen LogP contribution in [0.5, 0.6) is 5.75 Å². The first-order chi connectivity index (χ1) is 14.5. The Morgan fingerprint density at radius 2 is 1.57 bits per heavy atom. The van der Waals surface area contributed by atoms with Crippen LogP contribution >= 0.6 is 0 Å². The van der Waals surface area contributed by atoms with Crippen LogP contribution in [0.15, 0.2) is 36.4 Å². The molecule has 0 aliphatic heterocycles. The van der Waals surface area contributed by atoms with E-state index in [0.717, 1.165) is 5.92 Å². The Hall–Kier alpha value is -1.45. The van der Waals surface area contributed by atoms with Crippen LogP contribution in [-0.4, -0.2) is 0 Å². The highest BCUT2D eigenvalue weighted by molar-refractivity contribution is 5.34. The van der Waals surface area contributed by atoms with Gasteiger partial charge in [0.15, 0.2) is 0 Å². The third-order valence-corrected chi connectivity index (χ3v) is 7.64. The second kappa shape index (κ2) is 11.2. The Labute approximate surface area is 180 Å². The van der Waals surface area contributed by atoms with Gasteiger partial charge in [-0.2, -0.15) is 13.2 Å². The van der Waals surface area contributed by atoms with Gasteiger partial charge in [0.25, 0.3) is 0 Å². The quantitative estimate of drug-likeness (QED) is 0.285. The van der Waals surface area contributed by atoms with Crippen molar-refractivity contribution in [3.05, 3.63) is 41.9 Å². The fourth-order valence-electron chi connectivity index (χ4n) is 5.93. The molecule has 0 N–H and O–H groups in total. The molecule has 0 spiro atoms. The molecule has 4 heteroatoms. The summed E-state index contributed by atoms with van der Waals surface area (Å²) in [5.74, 6) is 1.67. The summed E-state index contributed by atoms with van der Waals surface area (Å²) in [6.07, 6.45) is 15.8. The zero-order chi connectivity index (χ0) is 21.4. The number of rotatable bonds is 9. The topological polar surface area (TPSA) is 9.23 Å². The highest BCUT2D eigenvalue weighted by Crippen LogP contribution is 2.52. The molecule has 1 nitrogen and oxygen atoms in total. The third-order valence-electron chi connectivity index (χ3n) is 7.64. The minimum absolute atomic E-state index is 0.132. The average Bonchev–Trinajstić information content (AvgIpc) is 2.78. The van der Waals surface area contributed by atoms with Gasteiger partial charge in [-0.3, -0.25) is 0 Å². The number of halogens is 3. The molecular formula is C26H37F3O. The third kappa shape index (κ3) is 5.82. The lowest BCUT2D eigenvalue weighted by molar-refractivity contribution is 0.120. The summed E-state index contributed by atoms with van der Waals surface area (Å²) in [5.41, 5.74) is 1.47. The van der Waals surface area contributed by atoms with Crippen molar-refractivity contribution in [1.82, 2.24) is 0 Å². The van der Waals surface area contributed by atoms with Crippen molar-refractivity contribution in [1.29, 1.82) is 0 Å². The van der Waals surface area contributed by atoms with Crippen molar-refractivity contribution in [3.8, 4) is 5.75 Å². The zero-order valence-electron chi connectivity index (χ0n) is 18.4. The minimum atomic E-state index is -2.42. The van der Waals surface area contributed by atoms with E-state index in [9.17, 15) is 13.2 Å². The smallest absolute Gasteiger partial charge is 0.344 e. The fraction of sp³-hybridized carbons (Fsp3) is 0.692. The van der Waals surface area contributed by atoms with E-state index >= 15 is 0 Å². The van der Waals surface area contributed by atoms with Gasteiger partial charge in [0.1, 0.15) is 5.75 Å². The molecule has 2 saturated carbocycles. The van der Waals surface area contributed by atoms with Crippen molar-refractivity contribution < 1.29 is 17.9 Å². The van der Waals surface area contributed by atoms with Gasteiger partial charge < -0.3 is 4.74 Å². The molecule has 1 aromatic carbocycles. The molecule has 2 aliphatic carbocycles. The first-order valence-corrected chi connectivity index (χ1v) is 12.0. The van der Waals surface area contributed by atoms with Gasteiger partial charge in [-0.25, -0.2) is 0 Å². The molecule has 0 heterocycles. The van der Waals surface area contributed by atoms with Crippen LogP contribution in [0.4, 0.5) is 13.2 Å². The van der Waals surface area contributed by atoms with Gasteiger partial charge in [-0.15, -0.1) is 0 Å². The molecule has 1 aromatic rings. The van der Waals surface area contributed by atoms with Crippen LogP contribution in [-0.2, 0) is 5.41 Å². The first-order valence-electron chi connectivity index (χ1n) is 12.0. The zero-order valence-corrected chi connectivity index (χ0v) is 18.4. The van der Waals surface area contributed by atoms with Gasteiger partial charge in [0.05, 0.1) is 0 Å². The van der Waals surface area contributed by atoms with Crippen molar-refractivity contribution in [2.75, 3.05) is 0 Å². The normalized spacial score (nSPS) is 25.1. The number of unbranched alkanes of at least 4 members (excludes halogenated alkanes) is 3. The van der Waals surface area contributed by atoms with E-state index in [1.807, 2.05) is 12.1 Å². The minimum Gasteiger partial charge on any atom is -0.428 e. The Balaban J connectivity index is 1.71. The van der Waals surface area contributed by atoms with Crippen molar-refractivity contribution in [2.24, 2.45) is 11.8 Å². The van der Waals surface area contributed by atoms with Crippen molar-refractivity contribution in [3.63, 3.8) is 0 Å². The SMILES string of the molecule is CCCCCC[C@H]1CC[C@@](c2ccc(OC(F)=C(F)F)cc2)(C2CCCCC2)CC1. The molecule has 0 radical (unpaired) electrons. The maximum absolute atomic E-state index is 13.1. The number of hydrogen-bond donors (Lipinski definition) is 0. The van der Waals surface area contributed by atoms with Crippen LogP contribution < -0.4 is 4.74 Å². The predicted molar refractivity (Wildman–Crippen MR) is 116 cm³/mol. The van der Waals surface area contributed by atoms with Gasteiger partial charge in [0, 0.05) is 0 Å².